The van der Waals surface area contributed by atoms with Gasteiger partial charge in [-0.25, -0.2) is 9.59 Å². The summed E-state index contributed by atoms with van der Waals surface area (Å²) in [5.74, 6) is -1.10. The van der Waals surface area contributed by atoms with Crippen molar-refractivity contribution in [3.8, 4) is 5.88 Å². The average Bonchev–Trinajstić information content (AvgIpc) is 2.45. The maximum absolute atomic E-state index is 11.5. The van der Waals surface area contributed by atoms with E-state index in [0.717, 1.165) is 6.42 Å². The largest absolute Gasteiger partial charge is 0.480 e. The molecular weight excluding hydrogens is 264 g/mol. The van der Waals surface area contributed by atoms with Crippen molar-refractivity contribution >= 4 is 17.8 Å². The standard InChI is InChI=1S/C13H18N2O5/c1-4-5-9(12(16)17)14-10-7-6-8(13(18)20-3)11(15-10)19-2/h6-7,9H,4-5H2,1-3H3,(H,14,15)(H,16,17). The lowest BCUT2D eigenvalue weighted by molar-refractivity contribution is -0.138. The molecule has 0 aliphatic heterocycles. The molecule has 7 nitrogen and oxygen atoms in total. The number of anilines is 1. The van der Waals surface area contributed by atoms with Gasteiger partial charge >= 0.3 is 11.9 Å². The third-order valence-corrected chi connectivity index (χ3v) is 2.66. The molecular formula is C13H18N2O5. The fraction of sp³-hybridized carbons (Fsp3) is 0.462. The zero-order chi connectivity index (χ0) is 15.1. The number of carbonyl (C=O) groups excluding carboxylic acids is 1. The maximum atomic E-state index is 11.5. The highest BCUT2D eigenvalue weighted by Crippen LogP contribution is 2.20. The molecule has 2 N–H and O–H groups in total. The molecule has 0 radical (unpaired) electrons. The number of methoxy groups -OCH3 is 2. The number of carbonyl (C=O) groups is 2. The Morgan fingerprint density at radius 1 is 1.40 bits per heavy atom. The van der Waals surface area contributed by atoms with Crippen molar-refractivity contribution in [2.75, 3.05) is 19.5 Å². The monoisotopic (exact) mass is 282 g/mol. The summed E-state index contributed by atoms with van der Waals surface area (Å²) >= 11 is 0. The van der Waals surface area contributed by atoms with Crippen LogP contribution in [0.3, 0.4) is 0 Å². The van der Waals surface area contributed by atoms with E-state index < -0.39 is 18.0 Å². The summed E-state index contributed by atoms with van der Waals surface area (Å²) in [6.07, 6.45) is 1.19. The number of pyridine rings is 1. The van der Waals surface area contributed by atoms with Gasteiger partial charge in [0.25, 0.3) is 0 Å². The van der Waals surface area contributed by atoms with Gasteiger partial charge in [0, 0.05) is 0 Å². The van der Waals surface area contributed by atoms with E-state index in [1.807, 2.05) is 6.92 Å². The lowest BCUT2D eigenvalue weighted by Crippen LogP contribution is -2.29. The maximum Gasteiger partial charge on any atom is 0.343 e. The van der Waals surface area contributed by atoms with Crippen LogP contribution >= 0.6 is 0 Å². The summed E-state index contributed by atoms with van der Waals surface area (Å²) in [6.45, 7) is 1.89. The Labute approximate surface area is 116 Å². The van der Waals surface area contributed by atoms with Gasteiger partial charge in [-0.05, 0) is 18.6 Å². The second kappa shape index (κ2) is 7.32. The van der Waals surface area contributed by atoms with Crippen LogP contribution < -0.4 is 10.1 Å². The molecule has 0 fully saturated rings. The zero-order valence-electron chi connectivity index (χ0n) is 11.7. The molecule has 0 aromatic carbocycles. The first-order chi connectivity index (χ1) is 9.53. The molecule has 1 atom stereocenters. The van der Waals surface area contributed by atoms with E-state index in [1.165, 1.54) is 26.4 Å². The minimum atomic E-state index is -0.954. The summed E-state index contributed by atoms with van der Waals surface area (Å²) < 4.78 is 9.61. The molecule has 0 bridgehead atoms. The molecule has 0 saturated heterocycles. The molecule has 0 amide bonds. The van der Waals surface area contributed by atoms with E-state index >= 15 is 0 Å². The number of nitrogens with zero attached hydrogens (tertiary/aromatic N) is 1. The summed E-state index contributed by atoms with van der Waals surface area (Å²) in [5.41, 5.74) is 0.183. The molecule has 0 aliphatic rings. The number of carboxylic acid groups (broad SMARTS) is 1. The molecule has 0 spiro atoms. The summed E-state index contributed by atoms with van der Waals surface area (Å²) in [4.78, 5) is 26.6. The number of ether oxygens (including phenoxy) is 2. The Kier molecular flexibility index (Phi) is 5.76. The number of aromatic nitrogens is 1. The van der Waals surface area contributed by atoms with Crippen LogP contribution in [-0.2, 0) is 9.53 Å². The molecule has 1 heterocycles. The number of nitrogens with one attached hydrogen (secondary N) is 1. The number of aliphatic carboxylic acids is 1. The van der Waals surface area contributed by atoms with E-state index in [4.69, 9.17) is 9.84 Å². The van der Waals surface area contributed by atoms with Crippen LogP contribution in [0, 0.1) is 0 Å². The van der Waals surface area contributed by atoms with Crippen molar-refractivity contribution in [3.63, 3.8) is 0 Å². The van der Waals surface area contributed by atoms with E-state index in [-0.39, 0.29) is 11.4 Å². The fourth-order valence-corrected chi connectivity index (χ4v) is 1.67. The molecule has 110 valence electrons. The Bertz CT molecular complexity index is 490. The third-order valence-electron chi connectivity index (χ3n) is 2.66. The normalized spacial score (nSPS) is 11.6. The first-order valence-electron chi connectivity index (χ1n) is 6.16. The molecule has 1 unspecified atom stereocenters. The van der Waals surface area contributed by atoms with Crippen molar-refractivity contribution in [2.24, 2.45) is 0 Å². The van der Waals surface area contributed by atoms with Crippen LogP contribution in [0.25, 0.3) is 0 Å². The lowest BCUT2D eigenvalue weighted by atomic mass is 10.1. The highest BCUT2D eigenvalue weighted by Gasteiger charge is 2.19. The van der Waals surface area contributed by atoms with Crippen LogP contribution in [0.1, 0.15) is 30.1 Å². The van der Waals surface area contributed by atoms with Gasteiger partial charge < -0.3 is 19.9 Å². The number of hydrogen-bond donors (Lipinski definition) is 2. The first-order valence-corrected chi connectivity index (χ1v) is 6.16. The van der Waals surface area contributed by atoms with Gasteiger partial charge in [0.15, 0.2) is 0 Å². The van der Waals surface area contributed by atoms with Gasteiger partial charge in [-0.1, -0.05) is 13.3 Å². The number of rotatable bonds is 7. The summed E-state index contributed by atoms with van der Waals surface area (Å²) in [6, 6.07) is 2.26. The van der Waals surface area contributed by atoms with Crippen molar-refractivity contribution < 1.29 is 24.2 Å². The van der Waals surface area contributed by atoms with Crippen LogP contribution in [-0.4, -0.2) is 42.3 Å². The third kappa shape index (κ3) is 3.84. The van der Waals surface area contributed by atoms with Crippen LogP contribution in [0.4, 0.5) is 5.82 Å². The van der Waals surface area contributed by atoms with Gasteiger partial charge in [-0.3, -0.25) is 0 Å². The number of hydrogen-bond acceptors (Lipinski definition) is 6. The first kappa shape index (κ1) is 15.7. The van der Waals surface area contributed by atoms with Gasteiger partial charge in [0.05, 0.1) is 14.2 Å². The molecule has 1 rings (SSSR count). The predicted molar refractivity (Wildman–Crippen MR) is 72.1 cm³/mol. The van der Waals surface area contributed by atoms with Gasteiger partial charge in [-0.15, -0.1) is 0 Å². The minimum Gasteiger partial charge on any atom is -0.480 e. The Morgan fingerprint density at radius 3 is 2.60 bits per heavy atom. The molecule has 0 aliphatic carbocycles. The van der Waals surface area contributed by atoms with Gasteiger partial charge in [-0.2, -0.15) is 4.98 Å². The van der Waals surface area contributed by atoms with Crippen LogP contribution in [0.15, 0.2) is 12.1 Å². The zero-order valence-corrected chi connectivity index (χ0v) is 11.7. The summed E-state index contributed by atoms with van der Waals surface area (Å²) in [7, 11) is 2.63. The molecule has 1 aromatic heterocycles. The topological polar surface area (TPSA) is 97.8 Å². The van der Waals surface area contributed by atoms with E-state index in [9.17, 15) is 9.59 Å². The fourth-order valence-electron chi connectivity index (χ4n) is 1.67. The SMILES string of the molecule is CCCC(Nc1ccc(C(=O)OC)c(OC)n1)C(=O)O. The smallest absolute Gasteiger partial charge is 0.343 e. The molecule has 7 heteroatoms. The highest BCUT2D eigenvalue weighted by molar-refractivity contribution is 5.92. The van der Waals surface area contributed by atoms with E-state index in [0.29, 0.717) is 12.2 Å². The van der Waals surface area contributed by atoms with Crippen molar-refractivity contribution in [2.45, 2.75) is 25.8 Å². The Morgan fingerprint density at radius 2 is 2.10 bits per heavy atom. The van der Waals surface area contributed by atoms with Crippen molar-refractivity contribution in [3.05, 3.63) is 17.7 Å². The number of carboxylic acids is 1. The van der Waals surface area contributed by atoms with E-state index in [1.54, 1.807) is 0 Å². The lowest BCUT2D eigenvalue weighted by Gasteiger charge is -2.15. The van der Waals surface area contributed by atoms with Crippen molar-refractivity contribution in [1.29, 1.82) is 0 Å². The van der Waals surface area contributed by atoms with Crippen molar-refractivity contribution in [1.82, 2.24) is 4.98 Å². The molecule has 20 heavy (non-hydrogen) atoms. The highest BCUT2D eigenvalue weighted by atomic mass is 16.5. The second-order valence-electron chi connectivity index (χ2n) is 4.07. The van der Waals surface area contributed by atoms with Crippen LogP contribution in [0.2, 0.25) is 0 Å². The second-order valence-corrected chi connectivity index (χ2v) is 4.07. The molecule has 1 aromatic rings. The Hall–Kier alpha value is -2.31. The summed E-state index contributed by atoms with van der Waals surface area (Å²) in [5, 5.41) is 11.9. The predicted octanol–water partition coefficient (Wildman–Crippen LogP) is 1.54. The molecule has 0 saturated carbocycles. The minimum absolute atomic E-state index is 0.0856. The van der Waals surface area contributed by atoms with Gasteiger partial charge in [0.2, 0.25) is 5.88 Å². The van der Waals surface area contributed by atoms with E-state index in [2.05, 4.69) is 15.0 Å². The van der Waals surface area contributed by atoms with Gasteiger partial charge in [0.1, 0.15) is 17.4 Å². The number of esters is 1. The average molecular weight is 282 g/mol. The van der Waals surface area contributed by atoms with Crippen LogP contribution in [0.5, 0.6) is 5.88 Å². The quantitative estimate of drug-likeness (QED) is 0.732. The Balaban J connectivity index is 2.97.